The van der Waals surface area contributed by atoms with E-state index in [1.54, 1.807) is 12.1 Å². The lowest BCUT2D eigenvalue weighted by Crippen LogP contribution is -2.44. The predicted molar refractivity (Wildman–Crippen MR) is 66.1 cm³/mol. The molecule has 0 bridgehead atoms. The van der Waals surface area contributed by atoms with Crippen molar-refractivity contribution in [1.82, 2.24) is 5.32 Å². The van der Waals surface area contributed by atoms with Crippen LogP contribution in [0.4, 0.5) is 4.39 Å². The topological polar surface area (TPSA) is 42.2 Å². The number of halogens is 1. The first-order valence-corrected chi connectivity index (χ1v) is 6.07. The van der Waals surface area contributed by atoms with Crippen molar-refractivity contribution in [3.05, 3.63) is 35.8 Å². The number of Topliss-reactive ketones (excluding diaryl/α,β-unsaturated/α-hetero) is 1. The zero-order valence-electron chi connectivity index (χ0n) is 10.1. The summed E-state index contributed by atoms with van der Waals surface area (Å²) in [4.78, 5) is 12.4. The van der Waals surface area contributed by atoms with Crippen LogP contribution < -0.4 is 5.32 Å². The molecule has 3 rings (SSSR count). The molecule has 1 unspecified atom stereocenters. The number of benzene rings is 1. The monoisotopic (exact) mass is 247 g/mol. The van der Waals surface area contributed by atoms with Crippen molar-refractivity contribution in [3.63, 3.8) is 0 Å². The van der Waals surface area contributed by atoms with Gasteiger partial charge >= 0.3 is 0 Å². The first-order chi connectivity index (χ1) is 8.58. The second-order valence-corrected chi connectivity index (χ2v) is 4.98. The number of hydrogen-bond acceptors (Lipinski definition) is 3. The molecule has 1 atom stereocenters. The van der Waals surface area contributed by atoms with Crippen LogP contribution in [0.25, 0.3) is 11.0 Å². The number of carbonyl (C=O) groups excluding carboxylic acids is 1. The standard InChI is InChI=1S/C14H14FNO2/c1-14(5-2-6-16-14)13(17)12-8-9-7-10(15)3-4-11(9)18-12/h3-4,7-8,16H,2,5-6H2,1H3. The fraction of sp³-hybridized carbons (Fsp3) is 0.357. The quantitative estimate of drug-likeness (QED) is 0.830. The van der Waals surface area contributed by atoms with Crippen LogP contribution in [0.5, 0.6) is 0 Å². The number of ketones is 1. The number of carbonyl (C=O) groups is 1. The molecule has 0 saturated carbocycles. The lowest BCUT2D eigenvalue weighted by Gasteiger charge is -2.20. The van der Waals surface area contributed by atoms with E-state index in [0.717, 1.165) is 19.4 Å². The third-order valence-electron chi connectivity index (χ3n) is 3.57. The van der Waals surface area contributed by atoms with Crippen molar-refractivity contribution < 1.29 is 13.6 Å². The Morgan fingerprint density at radius 3 is 3.00 bits per heavy atom. The van der Waals surface area contributed by atoms with E-state index in [1.165, 1.54) is 12.1 Å². The molecule has 1 aromatic carbocycles. The molecule has 2 heterocycles. The molecule has 1 N–H and O–H groups in total. The Hall–Kier alpha value is -1.68. The smallest absolute Gasteiger partial charge is 0.217 e. The fourth-order valence-corrected chi connectivity index (χ4v) is 2.49. The second kappa shape index (κ2) is 3.92. The molecule has 0 aliphatic carbocycles. The van der Waals surface area contributed by atoms with E-state index >= 15 is 0 Å². The molecule has 1 fully saturated rings. The summed E-state index contributed by atoms with van der Waals surface area (Å²) in [5, 5.41) is 3.83. The summed E-state index contributed by atoms with van der Waals surface area (Å²) in [6.07, 6.45) is 1.79. The molecule has 1 saturated heterocycles. The van der Waals surface area contributed by atoms with Crippen molar-refractivity contribution in [2.75, 3.05) is 6.54 Å². The van der Waals surface area contributed by atoms with Gasteiger partial charge in [-0.3, -0.25) is 4.79 Å². The average Bonchev–Trinajstić information content (AvgIpc) is 2.94. The van der Waals surface area contributed by atoms with Gasteiger partial charge in [0.15, 0.2) is 5.76 Å². The molecule has 0 radical (unpaired) electrons. The Bertz CT molecular complexity index is 611. The minimum absolute atomic E-state index is 0.0587. The highest BCUT2D eigenvalue weighted by Crippen LogP contribution is 2.27. The maximum Gasteiger partial charge on any atom is 0.217 e. The maximum absolute atomic E-state index is 13.1. The molecule has 18 heavy (non-hydrogen) atoms. The molecule has 1 aliphatic rings. The van der Waals surface area contributed by atoms with Crippen molar-refractivity contribution in [3.8, 4) is 0 Å². The first-order valence-electron chi connectivity index (χ1n) is 6.07. The van der Waals surface area contributed by atoms with E-state index in [9.17, 15) is 9.18 Å². The highest BCUT2D eigenvalue weighted by atomic mass is 19.1. The van der Waals surface area contributed by atoms with Crippen LogP contribution in [-0.4, -0.2) is 17.9 Å². The third-order valence-corrected chi connectivity index (χ3v) is 3.57. The van der Waals surface area contributed by atoms with E-state index < -0.39 is 5.54 Å². The van der Waals surface area contributed by atoms with Crippen LogP contribution in [0, 0.1) is 5.82 Å². The largest absolute Gasteiger partial charge is 0.453 e. The summed E-state index contributed by atoms with van der Waals surface area (Å²) in [5.74, 6) is -0.0865. The van der Waals surface area contributed by atoms with Gasteiger partial charge in [-0.05, 0) is 50.6 Å². The fourth-order valence-electron chi connectivity index (χ4n) is 2.49. The van der Waals surface area contributed by atoms with E-state index in [-0.39, 0.29) is 11.6 Å². The van der Waals surface area contributed by atoms with Gasteiger partial charge < -0.3 is 9.73 Å². The van der Waals surface area contributed by atoms with Gasteiger partial charge in [0.2, 0.25) is 5.78 Å². The summed E-state index contributed by atoms with van der Waals surface area (Å²) >= 11 is 0. The molecule has 0 amide bonds. The van der Waals surface area contributed by atoms with Gasteiger partial charge in [-0.25, -0.2) is 4.39 Å². The lowest BCUT2D eigenvalue weighted by molar-refractivity contribution is 0.0857. The van der Waals surface area contributed by atoms with E-state index in [0.29, 0.717) is 16.7 Å². The van der Waals surface area contributed by atoms with Gasteiger partial charge in [0.05, 0.1) is 5.54 Å². The maximum atomic E-state index is 13.1. The number of nitrogens with one attached hydrogen (secondary N) is 1. The third kappa shape index (κ3) is 1.73. The Labute approximate surface area is 104 Å². The van der Waals surface area contributed by atoms with Gasteiger partial charge in [-0.15, -0.1) is 0 Å². The first kappa shape index (κ1) is 11.4. The minimum Gasteiger partial charge on any atom is -0.453 e. The SMILES string of the molecule is CC1(C(=O)c2cc3cc(F)ccc3o2)CCCN1. The Morgan fingerprint density at radius 2 is 2.28 bits per heavy atom. The summed E-state index contributed by atoms with van der Waals surface area (Å²) in [5.41, 5.74) is -0.00627. The summed E-state index contributed by atoms with van der Waals surface area (Å²) in [7, 11) is 0. The highest BCUT2D eigenvalue weighted by Gasteiger charge is 2.38. The predicted octanol–water partition coefficient (Wildman–Crippen LogP) is 2.90. The zero-order valence-corrected chi connectivity index (χ0v) is 10.1. The molecular formula is C14H14FNO2. The molecular weight excluding hydrogens is 233 g/mol. The van der Waals surface area contributed by atoms with Gasteiger partial charge in [0, 0.05) is 5.39 Å². The van der Waals surface area contributed by atoms with Crippen LogP contribution in [-0.2, 0) is 0 Å². The normalized spacial score (nSPS) is 23.7. The molecule has 1 aliphatic heterocycles. The van der Waals surface area contributed by atoms with Crippen LogP contribution >= 0.6 is 0 Å². The summed E-state index contributed by atoms with van der Waals surface area (Å²) in [6.45, 7) is 2.73. The lowest BCUT2D eigenvalue weighted by atomic mass is 9.93. The van der Waals surface area contributed by atoms with E-state index in [1.807, 2.05) is 6.92 Å². The number of hydrogen-bond donors (Lipinski definition) is 1. The summed E-state index contributed by atoms with van der Waals surface area (Å²) in [6, 6.07) is 5.87. The van der Waals surface area contributed by atoms with Crippen LogP contribution in [0.3, 0.4) is 0 Å². The van der Waals surface area contributed by atoms with Crippen LogP contribution in [0.1, 0.15) is 30.3 Å². The Morgan fingerprint density at radius 1 is 1.44 bits per heavy atom. The van der Waals surface area contributed by atoms with E-state index in [2.05, 4.69) is 5.32 Å². The van der Waals surface area contributed by atoms with Crippen molar-refractivity contribution in [1.29, 1.82) is 0 Å². The molecule has 4 heteroatoms. The van der Waals surface area contributed by atoms with Gasteiger partial charge in [-0.2, -0.15) is 0 Å². The Balaban J connectivity index is 2.01. The van der Waals surface area contributed by atoms with Crippen molar-refractivity contribution in [2.24, 2.45) is 0 Å². The molecule has 3 nitrogen and oxygen atoms in total. The van der Waals surface area contributed by atoms with Gasteiger partial charge in [0.25, 0.3) is 0 Å². The minimum atomic E-state index is -0.549. The van der Waals surface area contributed by atoms with Gasteiger partial charge in [0.1, 0.15) is 11.4 Å². The molecule has 94 valence electrons. The average molecular weight is 247 g/mol. The Kier molecular flexibility index (Phi) is 2.48. The van der Waals surface area contributed by atoms with Gasteiger partial charge in [-0.1, -0.05) is 0 Å². The van der Waals surface area contributed by atoms with Crippen molar-refractivity contribution >= 4 is 16.8 Å². The zero-order chi connectivity index (χ0) is 12.8. The second-order valence-electron chi connectivity index (χ2n) is 4.98. The van der Waals surface area contributed by atoms with Crippen LogP contribution in [0.2, 0.25) is 0 Å². The number of furan rings is 1. The molecule has 2 aromatic rings. The molecule has 1 aromatic heterocycles. The van der Waals surface area contributed by atoms with Crippen molar-refractivity contribution in [2.45, 2.75) is 25.3 Å². The number of fused-ring (bicyclic) bond motifs is 1. The summed E-state index contributed by atoms with van der Waals surface area (Å²) < 4.78 is 18.6. The molecule has 0 spiro atoms. The highest BCUT2D eigenvalue weighted by molar-refractivity contribution is 6.03. The number of rotatable bonds is 2. The van der Waals surface area contributed by atoms with Crippen LogP contribution in [0.15, 0.2) is 28.7 Å². The van der Waals surface area contributed by atoms with E-state index in [4.69, 9.17) is 4.42 Å².